The number of anilines is 3. The van der Waals surface area contributed by atoms with E-state index in [1.54, 1.807) is 12.4 Å². The van der Waals surface area contributed by atoms with Gasteiger partial charge < -0.3 is 4.90 Å². The maximum Gasteiger partial charge on any atom is 0.101 e. The van der Waals surface area contributed by atoms with Crippen LogP contribution in [-0.2, 0) is 0 Å². The molecule has 160 valence electrons. The molecule has 2 heterocycles. The summed E-state index contributed by atoms with van der Waals surface area (Å²) in [6, 6.07) is 38.2. The molecule has 4 aromatic carbocycles. The summed E-state index contributed by atoms with van der Waals surface area (Å²) in [5, 5.41) is 9.16. The molecular weight excluding hydrogens is 434 g/mol. The van der Waals surface area contributed by atoms with Crippen molar-refractivity contribution < 1.29 is 0 Å². The van der Waals surface area contributed by atoms with E-state index in [9.17, 15) is 0 Å². The smallest absolute Gasteiger partial charge is 0.101 e. The normalized spacial score (nSPS) is 11.9. The first-order valence-corrected chi connectivity index (χ1v) is 11.8. The van der Waals surface area contributed by atoms with Gasteiger partial charge in [-0.15, -0.1) is 0 Å². The molecule has 0 saturated heterocycles. The van der Waals surface area contributed by atoms with Crippen LogP contribution in [0.4, 0.5) is 17.1 Å². The number of rotatable bonds is 3. The first-order chi connectivity index (χ1) is 16.8. The molecule has 0 fully saturated rings. The zero-order valence-electron chi connectivity index (χ0n) is 18.2. The van der Waals surface area contributed by atoms with E-state index in [4.69, 9.17) is 5.26 Å². The van der Waals surface area contributed by atoms with Gasteiger partial charge in [0.05, 0.1) is 16.9 Å². The summed E-state index contributed by atoms with van der Waals surface area (Å²) in [7, 11) is 0. The Morgan fingerprint density at radius 3 is 1.94 bits per heavy atom. The Morgan fingerprint density at radius 2 is 1.26 bits per heavy atom. The van der Waals surface area contributed by atoms with Crippen LogP contribution in [0, 0.1) is 11.3 Å². The number of pyridine rings is 1. The number of aromatic nitrogens is 1. The van der Waals surface area contributed by atoms with Crippen LogP contribution in [0.1, 0.15) is 5.56 Å². The lowest BCUT2D eigenvalue weighted by atomic mass is 10.00. The van der Waals surface area contributed by atoms with Crippen molar-refractivity contribution in [3.8, 4) is 28.3 Å². The van der Waals surface area contributed by atoms with Gasteiger partial charge >= 0.3 is 0 Å². The Balaban J connectivity index is 1.39. The van der Waals surface area contributed by atoms with Crippen LogP contribution < -0.4 is 4.90 Å². The van der Waals surface area contributed by atoms with E-state index in [-0.39, 0.29) is 0 Å². The molecule has 0 radical (unpaired) electrons. The van der Waals surface area contributed by atoms with Crippen LogP contribution in [0.2, 0.25) is 0 Å². The quantitative estimate of drug-likeness (QED) is 0.271. The van der Waals surface area contributed by atoms with Gasteiger partial charge in [-0.1, -0.05) is 72.4 Å². The molecule has 3 nitrogen and oxygen atoms in total. The first-order valence-electron chi connectivity index (χ1n) is 11.0. The molecule has 0 atom stereocenters. The monoisotopic (exact) mass is 453 g/mol. The SMILES string of the molecule is N#Cc1cncc(-c2ccc(-c3cccc(N4c5ccccc5Sc5ccccc54)c3)cc2)c1. The number of hydrogen-bond donors (Lipinski definition) is 0. The molecule has 1 aliphatic rings. The lowest BCUT2D eigenvalue weighted by Crippen LogP contribution is -2.14. The standard InChI is InChI=1S/C30H19N3S/c31-18-21-16-25(20-32-19-21)23-14-12-22(13-15-23)24-6-5-7-26(17-24)33-27-8-1-3-10-29(27)34-30-11-4-2-9-28(30)33/h1-17,19-20H. The molecule has 1 aromatic heterocycles. The van der Waals surface area contributed by atoms with Gasteiger partial charge in [0, 0.05) is 33.4 Å². The molecule has 0 amide bonds. The van der Waals surface area contributed by atoms with Gasteiger partial charge in [-0.05, 0) is 59.2 Å². The summed E-state index contributed by atoms with van der Waals surface area (Å²) in [5.74, 6) is 0. The lowest BCUT2D eigenvalue weighted by Gasteiger charge is -2.33. The van der Waals surface area contributed by atoms with Crippen LogP contribution in [0.25, 0.3) is 22.3 Å². The number of nitriles is 1. The van der Waals surface area contributed by atoms with E-state index in [0.29, 0.717) is 5.56 Å². The Hall–Kier alpha value is -4.33. The third-order valence-corrected chi connectivity index (χ3v) is 7.09. The van der Waals surface area contributed by atoms with Crippen molar-refractivity contribution in [2.75, 3.05) is 4.90 Å². The molecule has 1 aliphatic heterocycles. The third kappa shape index (κ3) is 3.63. The summed E-state index contributed by atoms with van der Waals surface area (Å²) in [6.07, 6.45) is 3.37. The summed E-state index contributed by atoms with van der Waals surface area (Å²) < 4.78 is 0. The molecule has 6 rings (SSSR count). The van der Waals surface area contributed by atoms with Crippen LogP contribution in [0.3, 0.4) is 0 Å². The zero-order valence-corrected chi connectivity index (χ0v) is 19.0. The Morgan fingerprint density at radius 1 is 0.618 bits per heavy atom. The summed E-state index contributed by atoms with van der Waals surface area (Å²) in [4.78, 5) is 9.04. The van der Waals surface area contributed by atoms with Crippen LogP contribution in [0.5, 0.6) is 0 Å². The maximum absolute atomic E-state index is 9.16. The largest absolute Gasteiger partial charge is 0.308 e. The second-order valence-corrected chi connectivity index (χ2v) is 9.16. The fraction of sp³-hybridized carbons (Fsp3) is 0. The highest BCUT2D eigenvalue weighted by Gasteiger charge is 2.24. The van der Waals surface area contributed by atoms with Crippen molar-refractivity contribution in [3.05, 3.63) is 121 Å². The predicted molar refractivity (Wildman–Crippen MR) is 139 cm³/mol. The number of nitrogens with zero attached hydrogens (tertiary/aromatic N) is 3. The molecule has 0 unspecified atom stereocenters. The zero-order chi connectivity index (χ0) is 22.9. The molecule has 0 aliphatic carbocycles. The topological polar surface area (TPSA) is 39.9 Å². The van der Waals surface area contributed by atoms with Crippen molar-refractivity contribution in [3.63, 3.8) is 0 Å². The number of para-hydroxylation sites is 2. The van der Waals surface area contributed by atoms with Gasteiger partial charge in [0.25, 0.3) is 0 Å². The van der Waals surface area contributed by atoms with Gasteiger partial charge in [0.2, 0.25) is 0 Å². The molecule has 0 saturated carbocycles. The first kappa shape index (κ1) is 20.3. The second kappa shape index (κ2) is 8.55. The fourth-order valence-corrected chi connectivity index (χ4v) is 5.38. The van der Waals surface area contributed by atoms with Crippen LogP contribution in [0.15, 0.2) is 125 Å². The van der Waals surface area contributed by atoms with Crippen molar-refractivity contribution in [2.45, 2.75) is 9.79 Å². The molecule has 0 bridgehead atoms. The highest BCUT2D eigenvalue weighted by molar-refractivity contribution is 7.99. The van der Waals surface area contributed by atoms with E-state index in [1.165, 1.54) is 21.2 Å². The van der Waals surface area contributed by atoms with E-state index in [1.807, 2.05) is 17.8 Å². The van der Waals surface area contributed by atoms with Gasteiger partial charge in [0.15, 0.2) is 0 Å². The van der Waals surface area contributed by atoms with Crippen molar-refractivity contribution >= 4 is 28.8 Å². The minimum Gasteiger partial charge on any atom is -0.308 e. The highest BCUT2D eigenvalue weighted by atomic mass is 32.2. The molecular formula is C30H19N3S. The average molecular weight is 454 g/mol. The highest BCUT2D eigenvalue weighted by Crippen LogP contribution is 2.51. The van der Waals surface area contributed by atoms with Crippen LogP contribution in [-0.4, -0.2) is 4.98 Å². The minimum atomic E-state index is 0.564. The van der Waals surface area contributed by atoms with E-state index in [2.05, 4.69) is 113 Å². The molecule has 34 heavy (non-hydrogen) atoms. The Kier molecular flexibility index (Phi) is 5.10. The van der Waals surface area contributed by atoms with Crippen LogP contribution >= 0.6 is 11.8 Å². The Bertz CT molecular complexity index is 1500. The fourth-order valence-electron chi connectivity index (χ4n) is 4.32. The summed E-state index contributed by atoms with van der Waals surface area (Å²) in [6.45, 7) is 0. The maximum atomic E-state index is 9.16. The summed E-state index contributed by atoms with van der Waals surface area (Å²) >= 11 is 1.82. The minimum absolute atomic E-state index is 0.564. The number of fused-ring (bicyclic) bond motifs is 2. The third-order valence-electron chi connectivity index (χ3n) is 5.96. The van der Waals surface area contributed by atoms with Gasteiger partial charge in [-0.2, -0.15) is 5.26 Å². The van der Waals surface area contributed by atoms with Gasteiger partial charge in [-0.25, -0.2) is 0 Å². The summed E-state index contributed by atoms with van der Waals surface area (Å²) in [5.41, 5.74) is 8.37. The average Bonchev–Trinajstić information content (AvgIpc) is 2.92. The van der Waals surface area contributed by atoms with E-state index in [0.717, 1.165) is 27.9 Å². The van der Waals surface area contributed by atoms with E-state index < -0.39 is 0 Å². The predicted octanol–water partition coefficient (Wildman–Crippen LogP) is 8.22. The van der Waals surface area contributed by atoms with Gasteiger partial charge in [0.1, 0.15) is 6.07 Å². The lowest BCUT2D eigenvalue weighted by molar-refractivity contribution is 1.17. The van der Waals surface area contributed by atoms with Gasteiger partial charge in [-0.3, -0.25) is 4.98 Å². The van der Waals surface area contributed by atoms with Crippen molar-refractivity contribution in [1.82, 2.24) is 4.98 Å². The van der Waals surface area contributed by atoms with E-state index >= 15 is 0 Å². The second-order valence-electron chi connectivity index (χ2n) is 8.07. The van der Waals surface area contributed by atoms with Crippen molar-refractivity contribution in [1.29, 1.82) is 5.26 Å². The molecule has 0 spiro atoms. The molecule has 0 N–H and O–H groups in total. The number of benzene rings is 4. The Labute approximate surface area is 203 Å². The molecule has 5 aromatic rings. The number of hydrogen-bond acceptors (Lipinski definition) is 4. The van der Waals surface area contributed by atoms with Crippen molar-refractivity contribution in [2.24, 2.45) is 0 Å². The molecule has 4 heteroatoms.